The van der Waals surface area contributed by atoms with Crippen LogP contribution in [0.2, 0.25) is 5.02 Å². The van der Waals surface area contributed by atoms with Gasteiger partial charge in [0.15, 0.2) is 5.03 Å². The third-order valence-electron chi connectivity index (χ3n) is 2.53. The van der Waals surface area contributed by atoms with Crippen molar-refractivity contribution in [2.45, 2.75) is 18.2 Å². The average molecular weight is 302 g/mol. The van der Waals surface area contributed by atoms with Crippen LogP contribution in [0.5, 0.6) is 0 Å². The van der Waals surface area contributed by atoms with Crippen molar-refractivity contribution in [3.63, 3.8) is 0 Å². The van der Waals surface area contributed by atoms with E-state index >= 15 is 0 Å². The summed E-state index contributed by atoms with van der Waals surface area (Å²) in [5.74, 6) is 0. The highest BCUT2D eigenvalue weighted by Gasteiger charge is 2.20. The van der Waals surface area contributed by atoms with Crippen molar-refractivity contribution in [3.05, 3.63) is 46.6 Å². The molecule has 0 saturated carbocycles. The standard InChI is InChI=1S/C11H12ClN3O3S/c12-10-4-2-1-3-8(10)6-14-19(17,18)11-9(7-16)5-13-15-11/h1-5,14,16H,6-7H2,(H,13,15). The highest BCUT2D eigenvalue weighted by Crippen LogP contribution is 2.16. The van der Waals surface area contributed by atoms with Crippen LogP contribution < -0.4 is 4.72 Å². The van der Waals surface area contributed by atoms with Gasteiger partial charge in [0.2, 0.25) is 0 Å². The van der Waals surface area contributed by atoms with Crippen LogP contribution in [0.25, 0.3) is 0 Å². The van der Waals surface area contributed by atoms with E-state index < -0.39 is 16.6 Å². The monoisotopic (exact) mass is 301 g/mol. The fourth-order valence-corrected chi connectivity index (χ4v) is 2.86. The molecule has 1 aromatic carbocycles. The molecule has 0 atom stereocenters. The molecule has 0 radical (unpaired) electrons. The van der Waals surface area contributed by atoms with Crippen molar-refractivity contribution in [1.82, 2.24) is 14.9 Å². The average Bonchev–Trinajstić information content (AvgIpc) is 2.87. The Kier molecular flexibility index (Phi) is 4.20. The van der Waals surface area contributed by atoms with Gasteiger partial charge in [-0.25, -0.2) is 13.1 Å². The molecule has 1 aromatic heterocycles. The van der Waals surface area contributed by atoms with Gasteiger partial charge in [-0.2, -0.15) is 5.10 Å². The quantitative estimate of drug-likeness (QED) is 0.769. The number of halogens is 1. The molecule has 19 heavy (non-hydrogen) atoms. The summed E-state index contributed by atoms with van der Waals surface area (Å²) < 4.78 is 26.4. The second kappa shape index (κ2) is 5.70. The molecule has 2 rings (SSSR count). The predicted molar refractivity (Wildman–Crippen MR) is 70.0 cm³/mol. The normalized spacial score (nSPS) is 11.7. The van der Waals surface area contributed by atoms with Crippen molar-refractivity contribution < 1.29 is 13.5 Å². The van der Waals surface area contributed by atoms with Crippen molar-refractivity contribution >= 4 is 21.6 Å². The van der Waals surface area contributed by atoms with E-state index in [0.29, 0.717) is 10.6 Å². The second-order valence-corrected chi connectivity index (χ2v) is 5.91. The van der Waals surface area contributed by atoms with Crippen LogP contribution in [0.15, 0.2) is 35.5 Å². The fraction of sp³-hybridized carbons (Fsp3) is 0.182. The molecule has 0 saturated heterocycles. The molecule has 0 spiro atoms. The Hall–Kier alpha value is -1.41. The molecule has 0 bridgehead atoms. The van der Waals surface area contributed by atoms with Crippen LogP contribution in [-0.4, -0.2) is 23.7 Å². The first-order valence-corrected chi connectivity index (χ1v) is 7.27. The third kappa shape index (κ3) is 3.13. The predicted octanol–water partition coefficient (Wildman–Crippen LogP) is 1.03. The molecule has 0 unspecified atom stereocenters. The zero-order chi connectivity index (χ0) is 13.9. The maximum absolute atomic E-state index is 12.0. The number of hydrogen-bond acceptors (Lipinski definition) is 4. The molecule has 2 aromatic rings. The van der Waals surface area contributed by atoms with E-state index in [9.17, 15) is 8.42 Å². The van der Waals surface area contributed by atoms with E-state index in [-0.39, 0.29) is 17.1 Å². The minimum atomic E-state index is -3.76. The van der Waals surface area contributed by atoms with Gasteiger partial charge >= 0.3 is 0 Å². The number of aromatic amines is 1. The Morgan fingerprint density at radius 2 is 2.05 bits per heavy atom. The number of aromatic nitrogens is 2. The van der Waals surface area contributed by atoms with E-state index in [1.54, 1.807) is 24.3 Å². The van der Waals surface area contributed by atoms with E-state index in [2.05, 4.69) is 14.9 Å². The van der Waals surface area contributed by atoms with Gasteiger partial charge in [0.25, 0.3) is 10.0 Å². The summed E-state index contributed by atoms with van der Waals surface area (Å²) in [7, 11) is -3.76. The number of aliphatic hydroxyl groups is 1. The number of aliphatic hydroxyl groups excluding tert-OH is 1. The molecular weight excluding hydrogens is 290 g/mol. The molecule has 0 aliphatic rings. The maximum atomic E-state index is 12.0. The van der Waals surface area contributed by atoms with Gasteiger partial charge in [0.05, 0.1) is 12.8 Å². The van der Waals surface area contributed by atoms with Gasteiger partial charge in [-0.1, -0.05) is 29.8 Å². The van der Waals surface area contributed by atoms with Gasteiger partial charge < -0.3 is 5.11 Å². The molecule has 6 nitrogen and oxygen atoms in total. The number of sulfonamides is 1. The van der Waals surface area contributed by atoms with Crippen LogP contribution in [0.4, 0.5) is 0 Å². The number of H-pyrrole nitrogens is 1. The molecule has 0 fully saturated rings. The van der Waals surface area contributed by atoms with Crippen molar-refractivity contribution in [2.24, 2.45) is 0 Å². The van der Waals surface area contributed by atoms with Gasteiger partial charge in [-0.05, 0) is 11.6 Å². The first-order valence-electron chi connectivity index (χ1n) is 5.41. The summed E-state index contributed by atoms with van der Waals surface area (Å²) in [6.07, 6.45) is 1.27. The Balaban J connectivity index is 2.17. The topological polar surface area (TPSA) is 95.1 Å². The Morgan fingerprint density at radius 3 is 2.74 bits per heavy atom. The third-order valence-corrected chi connectivity index (χ3v) is 4.31. The van der Waals surface area contributed by atoms with Gasteiger partial charge in [0, 0.05) is 17.1 Å². The van der Waals surface area contributed by atoms with Gasteiger partial charge in [-0.15, -0.1) is 0 Å². The molecule has 1 heterocycles. The van der Waals surface area contributed by atoms with Crippen molar-refractivity contribution in [3.8, 4) is 0 Å². The summed E-state index contributed by atoms with van der Waals surface area (Å²) in [6.45, 7) is -0.343. The largest absolute Gasteiger partial charge is 0.392 e. The van der Waals surface area contributed by atoms with Crippen LogP contribution in [0, 0.1) is 0 Å². The fourth-order valence-electron chi connectivity index (χ4n) is 1.53. The van der Waals surface area contributed by atoms with Crippen LogP contribution in [0.3, 0.4) is 0 Å². The van der Waals surface area contributed by atoms with Crippen molar-refractivity contribution in [2.75, 3.05) is 0 Å². The van der Waals surface area contributed by atoms with E-state index in [0.717, 1.165) is 0 Å². The molecular formula is C11H12ClN3O3S. The van der Waals surface area contributed by atoms with Crippen molar-refractivity contribution in [1.29, 1.82) is 0 Å². The summed E-state index contributed by atoms with van der Waals surface area (Å²) >= 11 is 5.94. The lowest BCUT2D eigenvalue weighted by Gasteiger charge is -2.07. The molecule has 8 heteroatoms. The highest BCUT2D eigenvalue weighted by atomic mass is 35.5. The number of nitrogens with one attached hydrogen (secondary N) is 2. The lowest BCUT2D eigenvalue weighted by molar-refractivity contribution is 0.278. The molecule has 0 aliphatic carbocycles. The van der Waals surface area contributed by atoms with Gasteiger partial charge in [0.1, 0.15) is 0 Å². The lowest BCUT2D eigenvalue weighted by atomic mass is 10.2. The first-order chi connectivity index (χ1) is 9.04. The molecule has 0 amide bonds. The van der Waals surface area contributed by atoms with Crippen LogP contribution >= 0.6 is 11.6 Å². The second-order valence-electron chi connectivity index (χ2n) is 3.80. The molecule has 3 N–H and O–H groups in total. The minimum absolute atomic E-state index is 0.0614. The summed E-state index contributed by atoms with van der Waals surface area (Å²) in [4.78, 5) is 0. The Bertz CT molecular complexity index is 669. The van der Waals surface area contributed by atoms with E-state index in [1.807, 2.05) is 0 Å². The Morgan fingerprint density at radius 1 is 1.32 bits per heavy atom. The number of benzene rings is 1. The molecule has 0 aliphatic heterocycles. The maximum Gasteiger partial charge on any atom is 0.258 e. The number of rotatable bonds is 5. The van der Waals surface area contributed by atoms with Gasteiger partial charge in [-0.3, -0.25) is 5.10 Å². The van der Waals surface area contributed by atoms with Crippen LogP contribution in [-0.2, 0) is 23.2 Å². The summed E-state index contributed by atoms with van der Waals surface area (Å²) in [5, 5.41) is 15.3. The zero-order valence-electron chi connectivity index (χ0n) is 9.80. The first kappa shape index (κ1) is 14.0. The smallest absolute Gasteiger partial charge is 0.258 e. The minimum Gasteiger partial charge on any atom is -0.392 e. The van der Waals surface area contributed by atoms with E-state index in [1.165, 1.54) is 6.20 Å². The lowest BCUT2D eigenvalue weighted by Crippen LogP contribution is -2.24. The van der Waals surface area contributed by atoms with Crippen LogP contribution in [0.1, 0.15) is 11.1 Å². The number of nitrogens with zero attached hydrogens (tertiary/aromatic N) is 1. The summed E-state index contributed by atoms with van der Waals surface area (Å²) in [6, 6.07) is 6.94. The Labute approximate surface area is 115 Å². The summed E-state index contributed by atoms with van der Waals surface area (Å²) in [5.41, 5.74) is 0.879. The number of hydrogen-bond donors (Lipinski definition) is 3. The highest BCUT2D eigenvalue weighted by molar-refractivity contribution is 7.89. The molecule has 102 valence electrons. The van der Waals surface area contributed by atoms with E-state index in [4.69, 9.17) is 16.7 Å². The zero-order valence-corrected chi connectivity index (χ0v) is 11.4. The SMILES string of the molecule is O=S(=O)(NCc1ccccc1Cl)c1[nH]ncc1CO.